The number of aliphatic hydroxyl groups is 1. The second kappa shape index (κ2) is 13.6. The molecule has 0 bridgehead atoms. The van der Waals surface area contributed by atoms with Gasteiger partial charge in [-0.1, -0.05) is 38.3 Å². The second-order valence-electron chi connectivity index (χ2n) is 5.63. The van der Waals surface area contributed by atoms with E-state index in [4.69, 9.17) is 5.11 Å². The van der Waals surface area contributed by atoms with Crippen molar-refractivity contribution in [3.05, 3.63) is 12.2 Å². The SMILES string of the molecule is CCCCCCC=CCC(=O)[O-].C[N+](C)(C)CCO. The fourth-order valence-corrected chi connectivity index (χ4v) is 1.29. The van der Waals surface area contributed by atoms with Crippen LogP contribution in [0.4, 0.5) is 0 Å². The molecular formula is C15H31NO3. The van der Waals surface area contributed by atoms with Crippen LogP contribution >= 0.6 is 0 Å². The zero-order valence-electron chi connectivity index (χ0n) is 13.0. The van der Waals surface area contributed by atoms with E-state index in [1.807, 2.05) is 6.08 Å². The number of unbranched alkanes of at least 4 members (excludes halogenated alkanes) is 4. The Labute approximate surface area is 118 Å². The molecule has 0 rings (SSSR count). The third-order valence-corrected chi connectivity index (χ3v) is 2.45. The number of carboxylic acid groups (broad SMARTS) is 1. The summed E-state index contributed by atoms with van der Waals surface area (Å²) in [5.74, 6) is -1.00. The number of likely N-dealkylation sites (N-methyl/N-ethyl adjacent to an activating group) is 1. The fourth-order valence-electron chi connectivity index (χ4n) is 1.29. The summed E-state index contributed by atoms with van der Waals surface area (Å²) >= 11 is 0. The Balaban J connectivity index is 0. The highest BCUT2D eigenvalue weighted by molar-refractivity contribution is 5.66. The lowest BCUT2D eigenvalue weighted by Crippen LogP contribution is -2.36. The summed E-state index contributed by atoms with van der Waals surface area (Å²) in [7, 11) is 6.16. The van der Waals surface area contributed by atoms with Crippen molar-refractivity contribution in [3.8, 4) is 0 Å². The van der Waals surface area contributed by atoms with Gasteiger partial charge in [0.15, 0.2) is 0 Å². The zero-order valence-corrected chi connectivity index (χ0v) is 13.0. The minimum atomic E-state index is -1.00. The molecule has 0 fully saturated rings. The van der Waals surface area contributed by atoms with E-state index in [2.05, 4.69) is 28.1 Å². The molecule has 19 heavy (non-hydrogen) atoms. The standard InChI is InChI=1S/C10H18O2.C5H14NO/c1-2-3-4-5-6-7-8-9-10(11)12;1-6(2,3)4-5-7/h7-8H,2-6,9H2,1H3,(H,11,12);7H,4-5H2,1-3H3/q;+1/p-1. The predicted molar refractivity (Wildman–Crippen MR) is 77.5 cm³/mol. The summed E-state index contributed by atoms with van der Waals surface area (Å²) in [6.45, 7) is 3.29. The average Bonchev–Trinajstić information content (AvgIpc) is 2.27. The molecule has 0 atom stereocenters. The van der Waals surface area contributed by atoms with Crippen molar-refractivity contribution in [1.29, 1.82) is 0 Å². The summed E-state index contributed by atoms with van der Waals surface area (Å²) in [4.78, 5) is 9.97. The number of aliphatic hydroxyl groups excluding tert-OH is 1. The third-order valence-electron chi connectivity index (χ3n) is 2.45. The normalized spacial score (nSPS) is 11.2. The van der Waals surface area contributed by atoms with E-state index < -0.39 is 5.97 Å². The van der Waals surface area contributed by atoms with E-state index in [0.29, 0.717) is 0 Å². The third kappa shape index (κ3) is 26.7. The minimum absolute atomic E-state index is 0.0494. The van der Waals surface area contributed by atoms with Gasteiger partial charge in [-0.2, -0.15) is 0 Å². The van der Waals surface area contributed by atoms with E-state index in [1.54, 1.807) is 6.08 Å². The number of quaternary nitrogens is 1. The van der Waals surface area contributed by atoms with Crippen LogP contribution in [0.25, 0.3) is 0 Å². The highest BCUT2D eigenvalue weighted by atomic mass is 16.4. The van der Waals surface area contributed by atoms with Crippen molar-refractivity contribution >= 4 is 5.97 Å². The maximum absolute atomic E-state index is 9.97. The van der Waals surface area contributed by atoms with Gasteiger partial charge in [-0.25, -0.2) is 0 Å². The zero-order chi connectivity index (χ0) is 15.1. The van der Waals surface area contributed by atoms with Crippen molar-refractivity contribution in [1.82, 2.24) is 0 Å². The molecule has 4 heteroatoms. The molecule has 0 unspecified atom stereocenters. The summed E-state index contributed by atoms with van der Waals surface area (Å²) in [6, 6.07) is 0. The lowest BCUT2D eigenvalue weighted by molar-refractivity contribution is -0.870. The van der Waals surface area contributed by atoms with E-state index >= 15 is 0 Å². The van der Waals surface area contributed by atoms with Gasteiger partial charge >= 0.3 is 0 Å². The first-order chi connectivity index (χ1) is 8.83. The topological polar surface area (TPSA) is 60.4 Å². The Morgan fingerprint density at radius 3 is 2.16 bits per heavy atom. The fraction of sp³-hybridized carbons (Fsp3) is 0.800. The van der Waals surface area contributed by atoms with Crippen molar-refractivity contribution in [2.75, 3.05) is 34.3 Å². The number of aliphatic carboxylic acids is 1. The van der Waals surface area contributed by atoms with E-state index in [0.717, 1.165) is 23.9 Å². The van der Waals surface area contributed by atoms with Gasteiger partial charge in [0.05, 0.1) is 27.7 Å². The number of rotatable bonds is 9. The molecule has 4 nitrogen and oxygen atoms in total. The van der Waals surface area contributed by atoms with E-state index in [1.165, 1.54) is 19.3 Å². The molecule has 0 saturated heterocycles. The van der Waals surface area contributed by atoms with Gasteiger partial charge in [0.2, 0.25) is 0 Å². The molecule has 0 radical (unpaired) electrons. The van der Waals surface area contributed by atoms with Crippen LogP contribution in [-0.2, 0) is 4.79 Å². The van der Waals surface area contributed by atoms with Crippen molar-refractivity contribution in [2.45, 2.75) is 45.4 Å². The largest absolute Gasteiger partial charge is 0.550 e. The maximum Gasteiger partial charge on any atom is 0.101 e. The lowest BCUT2D eigenvalue weighted by atomic mass is 10.1. The van der Waals surface area contributed by atoms with Crippen LogP contribution in [0.15, 0.2) is 12.2 Å². The summed E-state index contributed by atoms with van der Waals surface area (Å²) in [5.41, 5.74) is 0. The molecule has 0 aromatic carbocycles. The molecule has 0 aliphatic rings. The van der Waals surface area contributed by atoms with Gasteiger partial charge in [-0.3, -0.25) is 0 Å². The highest BCUT2D eigenvalue weighted by Crippen LogP contribution is 2.02. The van der Waals surface area contributed by atoms with Crippen LogP contribution in [0.5, 0.6) is 0 Å². The van der Waals surface area contributed by atoms with Crippen molar-refractivity contribution < 1.29 is 19.5 Å². The number of nitrogens with zero attached hydrogens (tertiary/aromatic N) is 1. The average molecular weight is 273 g/mol. The number of carbonyl (C=O) groups excluding carboxylic acids is 1. The summed E-state index contributed by atoms with van der Waals surface area (Å²) in [5, 5.41) is 18.4. The van der Waals surface area contributed by atoms with Crippen LogP contribution in [0.1, 0.15) is 45.4 Å². The molecule has 0 amide bonds. The highest BCUT2D eigenvalue weighted by Gasteiger charge is 2.02. The van der Waals surface area contributed by atoms with Gasteiger partial charge < -0.3 is 19.5 Å². The van der Waals surface area contributed by atoms with Crippen molar-refractivity contribution in [2.24, 2.45) is 0 Å². The Kier molecular flexibility index (Phi) is 14.6. The maximum atomic E-state index is 9.97. The number of carbonyl (C=O) groups is 1. The van der Waals surface area contributed by atoms with Crippen LogP contribution < -0.4 is 5.11 Å². The number of allylic oxidation sites excluding steroid dienone is 1. The van der Waals surface area contributed by atoms with Crippen LogP contribution in [0.3, 0.4) is 0 Å². The van der Waals surface area contributed by atoms with Gasteiger partial charge in [-0.15, -0.1) is 0 Å². The molecule has 1 N–H and O–H groups in total. The molecule has 0 saturated carbocycles. The van der Waals surface area contributed by atoms with Crippen LogP contribution in [0, 0.1) is 0 Å². The molecule has 0 aliphatic heterocycles. The van der Waals surface area contributed by atoms with E-state index in [-0.39, 0.29) is 13.0 Å². The molecule has 0 heterocycles. The number of hydrogen-bond donors (Lipinski definition) is 1. The number of carboxylic acids is 1. The first-order valence-electron chi connectivity index (χ1n) is 7.09. The van der Waals surface area contributed by atoms with Gasteiger partial charge in [-0.05, 0) is 12.8 Å². The van der Waals surface area contributed by atoms with E-state index in [9.17, 15) is 9.90 Å². The Morgan fingerprint density at radius 1 is 1.16 bits per heavy atom. The van der Waals surface area contributed by atoms with Crippen LogP contribution in [0.2, 0.25) is 0 Å². The first-order valence-corrected chi connectivity index (χ1v) is 7.09. The lowest BCUT2D eigenvalue weighted by Gasteiger charge is -2.21. The quantitative estimate of drug-likeness (QED) is 0.392. The molecular weight excluding hydrogens is 242 g/mol. The van der Waals surface area contributed by atoms with Crippen LogP contribution in [-0.4, -0.2) is 49.9 Å². The molecule has 0 aromatic rings. The summed E-state index contributed by atoms with van der Waals surface area (Å²) in [6.07, 6.45) is 9.55. The van der Waals surface area contributed by atoms with Gasteiger partial charge in [0.1, 0.15) is 6.54 Å². The van der Waals surface area contributed by atoms with Gasteiger partial charge in [0, 0.05) is 12.4 Å². The van der Waals surface area contributed by atoms with Gasteiger partial charge in [0.25, 0.3) is 0 Å². The first kappa shape index (κ1) is 20.4. The van der Waals surface area contributed by atoms with Crippen molar-refractivity contribution in [3.63, 3.8) is 0 Å². The Hall–Kier alpha value is -0.870. The molecule has 0 aromatic heterocycles. The Bertz CT molecular complexity index is 232. The summed E-state index contributed by atoms with van der Waals surface area (Å²) < 4.78 is 0.844. The molecule has 0 aliphatic carbocycles. The molecule has 0 spiro atoms. The smallest absolute Gasteiger partial charge is 0.101 e. The Morgan fingerprint density at radius 2 is 1.79 bits per heavy atom. The monoisotopic (exact) mass is 273 g/mol. The second-order valence-corrected chi connectivity index (χ2v) is 5.63. The molecule has 114 valence electrons. The number of hydrogen-bond acceptors (Lipinski definition) is 3. The predicted octanol–water partition coefficient (Wildman–Crippen LogP) is 1.34. The minimum Gasteiger partial charge on any atom is -0.550 e.